The summed E-state index contributed by atoms with van der Waals surface area (Å²) < 4.78 is 43.7. The molecule has 0 aliphatic rings. The Bertz CT molecular complexity index is 1470. The van der Waals surface area contributed by atoms with Crippen molar-refractivity contribution in [2.45, 2.75) is 6.36 Å². The van der Waals surface area contributed by atoms with E-state index in [0.717, 1.165) is 11.3 Å². The molecule has 4 aromatic rings. The first-order valence-corrected chi connectivity index (χ1v) is 12.1. The van der Waals surface area contributed by atoms with Gasteiger partial charge >= 0.3 is 6.36 Å². The van der Waals surface area contributed by atoms with Crippen LogP contribution in [-0.4, -0.2) is 80.7 Å². The van der Waals surface area contributed by atoms with Gasteiger partial charge in [0, 0.05) is 31.8 Å². The number of anilines is 2. The maximum atomic E-state index is 12.6. The number of halogens is 3. The molecule has 0 bridgehead atoms. The highest BCUT2D eigenvalue weighted by molar-refractivity contribution is 7.22. The second kappa shape index (κ2) is 11.2. The summed E-state index contributed by atoms with van der Waals surface area (Å²) in [5.74, 6) is -0.900. The van der Waals surface area contributed by atoms with Crippen LogP contribution in [0.25, 0.3) is 21.3 Å². The summed E-state index contributed by atoms with van der Waals surface area (Å²) in [6.45, 7) is -0.753. The van der Waals surface area contributed by atoms with Gasteiger partial charge in [-0.15, -0.1) is 13.2 Å². The maximum absolute atomic E-state index is 12.6. The van der Waals surface area contributed by atoms with Crippen LogP contribution < -0.4 is 15.4 Å². The number of imidazole rings is 1. The number of carbonyl (C=O) groups excluding carboxylic acids is 2. The van der Waals surface area contributed by atoms with Gasteiger partial charge in [-0.3, -0.25) is 9.59 Å². The van der Waals surface area contributed by atoms with E-state index in [0.29, 0.717) is 32.3 Å². The topological polar surface area (TPSA) is 142 Å². The number of rotatable bonds is 10. The lowest BCUT2D eigenvalue weighted by Crippen LogP contribution is -2.42. The van der Waals surface area contributed by atoms with Crippen molar-refractivity contribution in [3.8, 4) is 5.75 Å². The molecule has 0 atom stereocenters. The molecule has 0 fully saturated rings. The SMILES string of the molecule is Cn1c(Nc2nc3ccc(OC(F)(F)F)cc3s2)nc2cc(C(=O)NCC(=O)N(CCO)CCO)ccc21. The number of amides is 2. The number of hydrogen-bond donors (Lipinski definition) is 4. The Balaban J connectivity index is 1.47. The van der Waals surface area contributed by atoms with Gasteiger partial charge in [-0.1, -0.05) is 11.3 Å². The Morgan fingerprint density at radius 1 is 1.08 bits per heavy atom. The number of benzene rings is 2. The number of aryl methyl sites for hydroxylation is 1. The normalized spacial score (nSPS) is 11.6. The van der Waals surface area contributed by atoms with E-state index in [4.69, 9.17) is 10.2 Å². The van der Waals surface area contributed by atoms with Crippen molar-refractivity contribution < 1.29 is 37.7 Å². The van der Waals surface area contributed by atoms with Crippen LogP contribution in [0.1, 0.15) is 10.4 Å². The van der Waals surface area contributed by atoms with Crippen LogP contribution in [0.3, 0.4) is 0 Å². The van der Waals surface area contributed by atoms with E-state index in [-0.39, 0.29) is 44.2 Å². The largest absolute Gasteiger partial charge is 0.573 e. The van der Waals surface area contributed by atoms with E-state index in [2.05, 4.69) is 25.3 Å². The minimum absolute atomic E-state index is 0.0437. The van der Waals surface area contributed by atoms with Crippen LogP contribution in [0.15, 0.2) is 36.4 Å². The molecule has 4 rings (SSSR count). The average molecular weight is 553 g/mol. The molecule has 0 saturated carbocycles. The molecule has 38 heavy (non-hydrogen) atoms. The molecule has 202 valence electrons. The molecular formula is C23H23F3N6O5S. The number of alkyl halides is 3. The van der Waals surface area contributed by atoms with Crippen LogP contribution in [0.5, 0.6) is 5.75 Å². The summed E-state index contributed by atoms with van der Waals surface area (Å²) in [7, 11) is 1.75. The molecule has 2 aromatic carbocycles. The molecule has 2 aromatic heterocycles. The summed E-state index contributed by atoms with van der Waals surface area (Å²) in [5.41, 5.74) is 1.93. The minimum atomic E-state index is -4.79. The highest BCUT2D eigenvalue weighted by atomic mass is 32.1. The molecule has 4 N–H and O–H groups in total. The van der Waals surface area contributed by atoms with Crippen molar-refractivity contribution in [3.05, 3.63) is 42.0 Å². The van der Waals surface area contributed by atoms with Gasteiger partial charge in [0.15, 0.2) is 5.13 Å². The third-order valence-electron chi connectivity index (χ3n) is 5.45. The summed E-state index contributed by atoms with van der Waals surface area (Å²) in [6, 6.07) is 8.68. The number of aromatic nitrogens is 3. The number of nitrogens with zero attached hydrogens (tertiary/aromatic N) is 4. The first-order valence-electron chi connectivity index (χ1n) is 11.3. The quantitative estimate of drug-likeness (QED) is 0.235. The number of carbonyl (C=O) groups is 2. The fraction of sp³-hybridized carbons (Fsp3) is 0.304. The zero-order chi connectivity index (χ0) is 27.4. The Labute approximate surface area is 217 Å². The minimum Gasteiger partial charge on any atom is -0.406 e. The molecule has 0 saturated heterocycles. The predicted octanol–water partition coefficient (Wildman–Crippen LogP) is 2.37. The van der Waals surface area contributed by atoms with E-state index in [1.165, 1.54) is 23.1 Å². The Hall–Kier alpha value is -3.95. The van der Waals surface area contributed by atoms with Gasteiger partial charge in [-0.2, -0.15) is 0 Å². The molecule has 2 heterocycles. The zero-order valence-electron chi connectivity index (χ0n) is 19.9. The van der Waals surface area contributed by atoms with Gasteiger partial charge in [0.1, 0.15) is 5.75 Å². The monoisotopic (exact) mass is 552 g/mol. The number of aliphatic hydroxyl groups excluding tert-OH is 2. The van der Waals surface area contributed by atoms with Crippen molar-refractivity contribution in [2.24, 2.45) is 7.05 Å². The van der Waals surface area contributed by atoms with Gasteiger partial charge in [-0.05, 0) is 30.3 Å². The van der Waals surface area contributed by atoms with Crippen molar-refractivity contribution in [3.63, 3.8) is 0 Å². The van der Waals surface area contributed by atoms with Crippen LogP contribution in [0.2, 0.25) is 0 Å². The number of aliphatic hydroxyl groups is 2. The van der Waals surface area contributed by atoms with E-state index in [1.54, 1.807) is 29.8 Å². The number of hydrogen-bond acceptors (Lipinski definition) is 9. The third kappa shape index (κ3) is 6.30. The van der Waals surface area contributed by atoms with Crippen molar-refractivity contribution in [1.29, 1.82) is 0 Å². The lowest BCUT2D eigenvalue weighted by Gasteiger charge is -2.20. The Morgan fingerprint density at radius 2 is 1.82 bits per heavy atom. The number of ether oxygens (including phenoxy) is 1. The van der Waals surface area contributed by atoms with E-state index in [1.807, 2.05) is 0 Å². The van der Waals surface area contributed by atoms with Gasteiger partial charge in [0.25, 0.3) is 5.91 Å². The highest BCUT2D eigenvalue weighted by Crippen LogP contribution is 2.33. The van der Waals surface area contributed by atoms with Crippen LogP contribution in [-0.2, 0) is 11.8 Å². The first kappa shape index (κ1) is 27.1. The predicted molar refractivity (Wildman–Crippen MR) is 133 cm³/mol. The van der Waals surface area contributed by atoms with Crippen molar-refractivity contribution >= 4 is 55.5 Å². The third-order valence-corrected chi connectivity index (χ3v) is 6.38. The summed E-state index contributed by atoms with van der Waals surface area (Å²) in [4.78, 5) is 35.0. The van der Waals surface area contributed by atoms with Crippen molar-refractivity contribution in [1.82, 2.24) is 24.8 Å². The van der Waals surface area contributed by atoms with Gasteiger partial charge in [-0.25, -0.2) is 9.97 Å². The Morgan fingerprint density at radius 3 is 2.50 bits per heavy atom. The highest BCUT2D eigenvalue weighted by Gasteiger charge is 2.31. The average Bonchev–Trinajstić information content (AvgIpc) is 3.40. The molecule has 0 aliphatic heterocycles. The van der Waals surface area contributed by atoms with Gasteiger partial charge < -0.3 is 35.1 Å². The molecule has 0 aliphatic carbocycles. The van der Waals surface area contributed by atoms with Crippen LogP contribution >= 0.6 is 11.3 Å². The van der Waals surface area contributed by atoms with Gasteiger partial charge in [0.2, 0.25) is 11.9 Å². The fourth-order valence-electron chi connectivity index (χ4n) is 3.68. The molecule has 2 amide bonds. The zero-order valence-corrected chi connectivity index (χ0v) is 20.8. The molecule has 11 nitrogen and oxygen atoms in total. The van der Waals surface area contributed by atoms with E-state index >= 15 is 0 Å². The molecule has 15 heteroatoms. The maximum Gasteiger partial charge on any atom is 0.573 e. The lowest BCUT2D eigenvalue weighted by molar-refractivity contribution is -0.274. The molecule has 0 spiro atoms. The molecule has 0 radical (unpaired) electrons. The second-order valence-corrected chi connectivity index (χ2v) is 9.06. The molecule has 0 unspecified atom stereocenters. The summed E-state index contributed by atoms with van der Waals surface area (Å²) >= 11 is 1.12. The Kier molecular flexibility index (Phi) is 7.99. The summed E-state index contributed by atoms with van der Waals surface area (Å²) in [5, 5.41) is 24.1. The second-order valence-electron chi connectivity index (χ2n) is 8.03. The smallest absolute Gasteiger partial charge is 0.406 e. The number of nitrogens with one attached hydrogen (secondary N) is 2. The summed E-state index contributed by atoms with van der Waals surface area (Å²) in [6.07, 6.45) is -4.79. The van der Waals surface area contributed by atoms with Crippen LogP contribution in [0, 0.1) is 0 Å². The number of fused-ring (bicyclic) bond motifs is 2. The fourth-order valence-corrected chi connectivity index (χ4v) is 4.56. The number of thiazole rings is 1. The molecular weight excluding hydrogens is 529 g/mol. The standard InChI is InChI=1S/C23H23F3N6O5S/c1-31-17-5-2-13(20(36)27-12-19(35)32(6-8-33)7-9-34)10-16(17)28-21(31)30-22-29-15-4-3-14(11-18(15)38-22)37-23(24,25)26/h2-5,10-11,33-34H,6-9,12H2,1H3,(H,27,36)(H,28,29,30). The van der Waals surface area contributed by atoms with E-state index < -0.39 is 18.2 Å². The lowest BCUT2D eigenvalue weighted by atomic mass is 10.2. The first-order chi connectivity index (χ1) is 18.1. The van der Waals surface area contributed by atoms with Crippen LogP contribution in [0.4, 0.5) is 24.3 Å². The van der Waals surface area contributed by atoms with Crippen molar-refractivity contribution in [2.75, 3.05) is 38.2 Å². The van der Waals surface area contributed by atoms with E-state index in [9.17, 15) is 22.8 Å². The van der Waals surface area contributed by atoms with Gasteiger partial charge in [0.05, 0.1) is 41.0 Å².